The van der Waals surface area contributed by atoms with Gasteiger partial charge in [-0.1, -0.05) is 0 Å². The lowest BCUT2D eigenvalue weighted by molar-refractivity contribution is -0.127. The lowest BCUT2D eigenvalue weighted by atomic mass is 10.2. The first kappa shape index (κ1) is 6.71. The number of carbonyl (C=O) groups excluding carboxylic acids is 1. The molecule has 1 saturated carbocycles. The maximum atomic E-state index is 10.6. The van der Waals surface area contributed by atoms with Crippen LogP contribution in [0.15, 0.2) is 0 Å². The first-order chi connectivity index (χ1) is 4.11. The minimum atomic E-state index is -1.03. The quantitative estimate of drug-likeness (QED) is 0.518. The van der Waals surface area contributed by atoms with Gasteiger partial charge in [-0.25, -0.2) is 0 Å². The summed E-state index contributed by atoms with van der Waals surface area (Å²) in [5, 5.41) is 12.1. The van der Waals surface area contributed by atoms with Gasteiger partial charge >= 0.3 is 0 Å². The van der Waals surface area contributed by atoms with Crippen molar-refractivity contribution in [3.05, 3.63) is 0 Å². The van der Waals surface area contributed by atoms with Crippen molar-refractivity contribution in [2.24, 2.45) is 0 Å². The summed E-state index contributed by atoms with van der Waals surface area (Å²) in [4.78, 5) is 10.6. The van der Waals surface area contributed by atoms with E-state index >= 15 is 0 Å². The Balaban J connectivity index is 2.52. The van der Waals surface area contributed by atoms with Crippen LogP contribution in [0, 0.1) is 0 Å². The Morgan fingerprint density at radius 1 is 1.89 bits per heavy atom. The fourth-order valence-corrected chi connectivity index (χ4v) is 0.982. The minimum absolute atomic E-state index is 0.00463. The largest absolute Gasteiger partial charge is 0.380 e. The Kier molecular flexibility index (Phi) is 1.33. The van der Waals surface area contributed by atoms with Crippen LogP contribution < -0.4 is 5.32 Å². The third-order valence-electron chi connectivity index (χ3n) is 1.89. The highest BCUT2D eigenvalue weighted by molar-refractivity contribution is 5.89. The van der Waals surface area contributed by atoms with Gasteiger partial charge in [0.25, 0.3) is 0 Å². The summed E-state index contributed by atoms with van der Waals surface area (Å²) >= 11 is 0. The molecule has 0 amide bonds. The fourth-order valence-electron chi connectivity index (χ4n) is 0.982. The molecule has 2 N–H and O–H groups in total. The molecule has 0 spiro atoms. The summed E-state index contributed by atoms with van der Waals surface area (Å²) in [7, 11) is 1.74. The molecule has 0 radical (unpaired) electrons. The van der Waals surface area contributed by atoms with Gasteiger partial charge in [0.05, 0.1) is 0 Å². The average molecular weight is 129 g/mol. The van der Waals surface area contributed by atoms with E-state index in [9.17, 15) is 9.90 Å². The summed E-state index contributed by atoms with van der Waals surface area (Å²) < 4.78 is 0. The predicted molar refractivity (Wildman–Crippen MR) is 33.1 cm³/mol. The molecule has 3 nitrogen and oxygen atoms in total. The van der Waals surface area contributed by atoms with E-state index in [0.29, 0.717) is 6.42 Å². The van der Waals surface area contributed by atoms with Gasteiger partial charge in [0.2, 0.25) is 0 Å². The van der Waals surface area contributed by atoms with Gasteiger partial charge in [-0.15, -0.1) is 0 Å². The van der Waals surface area contributed by atoms with Crippen LogP contribution in [0.5, 0.6) is 0 Å². The number of nitrogens with one attached hydrogen (secondary N) is 1. The molecule has 0 aromatic rings. The van der Waals surface area contributed by atoms with Crippen molar-refractivity contribution in [1.82, 2.24) is 5.32 Å². The third kappa shape index (κ3) is 0.862. The minimum Gasteiger partial charge on any atom is -0.380 e. The number of hydrogen-bond donors (Lipinski definition) is 2. The van der Waals surface area contributed by atoms with E-state index in [1.54, 1.807) is 7.05 Å². The molecule has 1 aliphatic carbocycles. The molecule has 52 valence electrons. The number of aliphatic hydroxyl groups is 1. The molecule has 1 rings (SSSR count). The van der Waals surface area contributed by atoms with Gasteiger partial charge in [-0.3, -0.25) is 4.79 Å². The highest BCUT2D eigenvalue weighted by Crippen LogP contribution is 2.36. The van der Waals surface area contributed by atoms with E-state index < -0.39 is 5.60 Å². The number of likely N-dealkylation sites (N-methyl/N-ethyl adjacent to an activating group) is 1. The van der Waals surface area contributed by atoms with Crippen LogP contribution in [0.1, 0.15) is 13.3 Å². The Morgan fingerprint density at radius 3 is 2.56 bits per heavy atom. The molecule has 0 saturated heterocycles. The van der Waals surface area contributed by atoms with Crippen molar-refractivity contribution in [1.29, 1.82) is 0 Å². The topological polar surface area (TPSA) is 49.3 Å². The van der Waals surface area contributed by atoms with Crippen molar-refractivity contribution in [2.45, 2.75) is 25.0 Å². The summed E-state index contributed by atoms with van der Waals surface area (Å²) in [6.07, 6.45) is 0.568. The maximum Gasteiger partial charge on any atom is 0.162 e. The van der Waals surface area contributed by atoms with Crippen LogP contribution in [-0.4, -0.2) is 29.6 Å². The van der Waals surface area contributed by atoms with Crippen LogP contribution in [0.2, 0.25) is 0 Å². The van der Waals surface area contributed by atoms with Crippen LogP contribution in [0.3, 0.4) is 0 Å². The van der Waals surface area contributed by atoms with E-state index in [1.165, 1.54) is 6.92 Å². The van der Waals surface area contributed by atoms with E-state index in [-0.39, 0.29) is 11.8 Å². The smallest absolute Gasteiger partial charge is 0.162 e. The zero-order chi connectivity index (χ0) is 7.07. The zero-order valence-corrected chi connectivity index (χ0v) is 5.64. The fraction of sp³-hybridized carbons (Fsp3) is 0.833. The molecule has 2 unspecified atom stereocenters. The molecule has 1 fully saturated rings. The van der Waals surface area contributed by atoms with Gasteiger partial charge in [0.15, 0.2) is 5.78 Å². The summed E-state index contributed by atoms with van der Waals surface area (Å²) in [6.45, 7) is 1.41. The Bertz CT molecular complexity index is 146. The second kappa shape index (κ2) is 1.78. The summed E-state index contributed by atoms with van der Waals surface area (Å²) in [6, 6.07) is -0.00463. The third-order valence-corrected chi connectivity index (χ3v) is 1.89. The van der Waals surface area contributed by atoms with Crippen molar-refractivity contribution in [3.63, 3.8) is 0 Å². The molecule has 0 bridgehead atoms. The number of rotatable bonds is 2. The van der Waals surface area contributed by atoms with E-state index in [1.807, 2.05) is 0 Å². The first-order valence-electron chi connectivity index (χ1n) is 3.02. The second-order valence-corrected chi connectivity index (χ2v) is 2.53. The van der Waals surface area contributed by atoms with Crippen molar-refractivity contribution in [3.8, 4) is 0 Å². The Morgan fingerprint density at radius 2 is 2.44 bits per heavy atom. The molecule has 1 aliphatic rings. The van der Waals surface area contributed by atoms with Gasteiger partial charge in [-0.05, 0) is 14.0 Å². The highest BCUT2D eigenvalue weighted by Gasteiger charge is 2.56. The Hall–Kier alpha value is -0.410. The molecule has 0 aliphatic heterocycles. The van der Waals surface area contributed by atoms with E-state index in [2.05, 4.69) is 5.32 Å². The number of ketones is 1. The molecule has 9 heavy (non-hydrogen) atoms. The van der Waals surface area contributed by atoms with Crippen molar-refractivity contribution >= 4 is 5.78 Å². The number of Topliss-reactive ketones (excluding diaryl/α,β-unsaturated/α-hetero) is 1. The van der Waals surface area contributed by atoms with Crippen LogP contribution in [0.25, 0.3) is 0 Å². The Labute approximate surface area is 54.1 Å². The second-order valence-electron chi connectivity index (χ2n) is 2.53. The molecule has 3 heteroatoms. The molecule has 0 heterocycles. The summed E-state index contributed by atoms with van der Waals surface area (Å²) in [5.74, 6) is -0.137. The molecular weight excluding hydrogens is 118 g/mol. The number of carbonyl (C=O) groups is 1. The van der Waals surface area contributed by atoms with Crippen LogP contribution >= 0.6 is 0 Å². The van der Waals surface area contributed by atoms with Crippen LogP contribution in [-0.2, 0) is 4.79 Å². The van der Waals surface area contributed by atoms with Gasteiger partial charge in [0.1, 0.15) is 5.60 Å². The SMILES string of the molecule is CNC1CC1(O)C(C)=O. The van der Waals surface area contributed by atoms with Crippen molar-refractivity contribution in [2.75, 3.05) is 7.05 Å². The zero-order valence-electron chi connectivity index (χ0n) is 5.64. The van der Waals surface area contributed by atoms with E-state index in [0.717, 1.165) is 0 Å². The van der Waals surface area contributed by atoms with Gasteiger partial charge in [0, 0.05) is 12.5 Å². The lowest BCUT2D eigenvalue weighted by Crippen LogP contribution is -2.29. The first-order valence-corrected chi connectivity index (χ1v) is 3.02. The predicted octanol–water partition coefficient (Wildman–Crippen LogP) is -0.702. The summed E-state index contributed by atoms with van der Waals surface area (Å²) in [5.41, 5.74) is -1.03. The molecule has 0 aromatic carbocycles. The lowest BCUT2D eigenvalue weighted by Gasteiger charge is -2.02. The molecular formula is C6H11NO2. The monoisotopic (exact) mass is 129 g/mol. The maximum absolute atomic E-state index is 10.6. The normalized spacial score (nSPS) is 40.6. The highest BCUT2D eigenvalue weighted by atomic mass is 16.3. The van der Waals surface area contributed by atoms with Gasteiger partial charge < -0.3 is 10.4 Å². The van der Waals surface area contributed by atoms with Crippen LogP contribution in [0.4, 0.5) is 0 Å². The van der Waals surface area contributed by atoms with Crippen molar-refractivity contribution < 1.29 is 9.90 Å². The number of hydrogen-bond acceptors (Lipinski definition) is 3. The molecule has 0 aromatic heterocycles. The molecule has 2 atom stereocenters. The average Bonchev–Trinajstić information content (AvgIpc) is 2.44. The standard InChI is InChI=1S/C6H11NO2/c1-4(8)6(9)3-5(6)7-2/h5,7,9H,3H2,1-2H3. The van der Waals surface area contributed by atoms with E-state index in [4.69, 9.17) is 0 Å². The van der Waals surface area contributed by atoms with Gasteiger partial charge in [-0.2, -0.15) is 0 Å².